The Morgan fingerprint density at radius 3 is 2.60 bits per heavy atom. The molecule has 0 radical (unpaired) electrons. The van der Waals surface area contributed by atoms with E-state index in [0.29, 0.717) is 0 Å². The lowest BCUT2D eigenvalue weighted by Gasteiger charge is -2.22. The van der Waals surface area contributed by atoms with E-state index in [0.717, 1.165) is 36.8 Å². The molecule has 1 aromatic rings. The van der Waals surface area contributed by atoms with Gasteiger partial charge in [0, 0.05) is 0 Å². The van der Waals surface area contributed by atoms with Crippen LogP contribution in [0.3, 0.4) is 0 Å². The third-order valence-electron chi connectivity index (χ3n) is 3.39. The maximum atomic E-state index is 13.2. The van der Waals surface area contributed by atoms with E-state index in [4.69, 9.17) is 0 Å². The minimum absolute atomic E-state index is 0.239. The van der Waals surface area contributed by atoms with Crippen LogP contribution < -0.4 is 0 Å². The lowest BCUT2D eigenvalue weighted by molar-refractivity contribution is 0.556. The van der Waals surface area contributed by atoms with Crippen molar-refractivity contribution in [1.82, 2.24) is 0 Å². The first kappa shape index (κ1) is 10.2. The van der Waals surface area contributed by atoms with E-state index in [-0.39, 0.29) is 5.82 Å². The molecule has 0 atom stereocenters. The third-order valence-corrected chi connectivity index (χ3v) is 3.39. The van der Waals surface area contributed by atoms with Crippen molar-refractivity contribution in [1.29, 1.82) is 5.26 Å². The molecule has 0 heterocycles. The zero-order valence-corrected chi connectivity index (χ0v) is 8.89. The molecule has 0 saturated heterocycles. The Morgan fingerprint density at radius 2 is 2.00 bits per heavy atom. The fourth-order valence-corrected chi connectivity index (χ4v) is 2.53. The number of nitrogens with zero attached hydrogens (tertiary/aromatic N) is 1. The van der Waals surface area contributed by atoms with Crippen LogP contribution in [0.25, 0.3) is 0 Å². The molecule has 1 aliphatic carbocycles. The molecule has 0 amide bonds. The number of benzene rings is 1. The van der Waals surface area contributed by atoms with Crippen LogP contribution in [0.4, 0.5) is 4.39 Å². The van der Waals surface area contributed by atoms with Crippen LogP contribution in [0.2, 0.25) is 0 Å². The Kier molecular flexibility index (Phi) is 2.48. The predicted molar refractivity (Wildman–Crippen MR) is 56.9 cm³/mol. The third kappa shape index (κ3) is 1.63. The Labute approximate surface area is 89.5 Å². The quantitative estimate of drug-likeness (QED) is 0.685. The Morgan fingerprint density at radius 1 is 1.33 bits per heavy atom. The van der Waals surface area contributed by atoms with Crippen LogP contribution >= 0.6 is 0 Å². The highest BCUT2D eigenvalue weighted by molar-refractivity contribution is 5.39. The van der Waals surface area contributed by atoms with Crippen LogP contribution in [0.5, 0.6) is 0 Å². The Balaban J connectivity index is 2.52. The van der Waals surface area contributed by atoms with E-state index in [1.807, 2.05) is 6.92 Å². The van der Waals surface area contributed by atoms with Gasteiger partial charge in [0.05, 0.1) is 11.5 Å². The van der Waals surface area contributed by atoms with E-state index in [2.05, 4.69) is 6.07 Å². The van der Waals surface area contributed by atoms with Gasteiger partial charge in [-0.15, -0.1) is 0 Å². The molecule has 0 bridgehead atoms. The molecular formula is C13H14FN. The van der Waals surface area contributed by atoms with Gasteiger partial charge >= 0.3 is 0 Å². The average Bonchev–Trinajstić information content (AvgIpc) is 2.71. The van der Waals surface area contributed by atoms with Gasteiger partial charge < -0.3 is 0 Å². The highest BCUT2D eigenvalue weighted by atomic mass is 19.1. The zero-order chi connectivity index (χ0) is 10.9. The Bertz CT molecular complexity index is 411. The summed E-state index contributed by atoms with van der Waals surface area (Å²) in [5.74, 6) is -0.239. The van der Waals surface area contributed by atoms with Gasteiger partial charge in [-0.05, 0) is 43.0 Å². The molecular weight excluding hydrogens is 189 g/mol. The topological polar surface area (TPSA) is 23.8 Å². The van der Waals surface area contributed by atoms with Gasteiger partial charge in [-0.3, -0.25) is 0 Å². The van der Waals surface area contributed by atoms with Gasteiger partial charge in [0.1, 0.15) is 5.82 Å². The minimum atomic E-state index is -0.424. The lowest BCUT2D eigenvalue weighted by Crippen LogP contribution is -2.20. The maximum absolute atomic E-state index is 13.2. The molecule has 1 aliphatic rings. The van der Waals surface area contributed by atoms with E-state index in [1.165, 1.54) is 12.1 Å². The zero-order valence-electron chi connectivity index (χ0n) is 8.89. The number of hydrogen-bond donors (Lipinski definition) is 0. The monoisotopic (exact) mass is 203 g/mol. The molecule has 1 nitrogen and oxygen atoms in total. The van der Waals surface area contributed by atoms with Crippen molar-refractivity contribution in [2.75, 3.05) is 0 Å². The fraction of sp³-hybridized carbons (Fsp3) is 0.462. The van der Waals surface area contributed by atoms with Crippen molar-refractivity contribution in [3.8, 4) is 6.07 Å². The molecule has 0 unspecified atom stereocenters. The first-order valence-corrected chi connectivity index (χ1v) is 5.36. The molecule has 2 heteroatoms. The highest BCUT2D eigenvalue weighted by Gasteiger charge is 2.36. The van der Waals surface area contributed by atoms with Gasteiger partial charge in [-0.25, -0.2) is 4.39 Å². The number of rotatable bonds is 1. The number of halogens is 1. The summed E-state index contributed by atoms with van der Waals surface area (Å²) < 4.78 is 13.2. The van der Waals surface area contributed by atoms with Crippen LogP contribution in [0, 0.1) is 24.1 Å². The van der Waals surface area contributed by atoms with Gasteiger partial charge in [-0.1, -0.05) is 18.9 Å². The van der Waals surface area contributed by atoms with Gasteiger partial charge in [0.25, 0.3) is 0 Å². The van der Waals surface area contributed by atoms with E-state index >= 15 is 0 Å². The molecule has 0 aliphatic heterocycles. The summed E-state index contributed by atoms with van der Waals surface area (Å²) in [6.07, 6.45) is 3.88. The van der Waals surface area contributed by atoms with Gasteiger partial charge in [0.2, 0.25) is 0 Å². The normalized spacial score (nSPS) is 18.7. The molecule has 1 saturated carbocycles. The molecule has 15 heavy (non-hydrogen) atoms. The molecule has 1 aromatic carbocycles. The molecule has 78 valence electrons. The summed E-state index contributed by atoms with van der Waals surface area (Å²) in [6.45, 7) is 1.95. The smallest absolute Gasteiger partial charge is 0.123 e. The first-order valence-electron chi connectivity index (χ1n) is 5.36. The first-order chi connectivity index (χ1) is 7.18. The van der Waals surface area contributed by atoms with Crippen molar-refractivity contribution in [2.24, 2.45) is 0 Å². The summed E-state index contributed by atoms with van der Waals surface area (Å²) in [5, 5.41) is 9.31. The van der Waals surface area contributed by atoms with Crippen molar-refractivity contribution in [2.45, 2.75) is 38.0 Å². The summed E-state index contributed by atoms with van der Waals surface area (Å²) in [5.41, 5.74) is 1.49. The van der Waals surface area contributed by atoms with Crippen molar-refractivity contribution >= 4 is 0 Å². The highest BCUT2D eigenvalue weighted by Crippen LogP contribution is 2.41. The largest absolute Gasteiger partial charge is 0.207 e. The molecule has 2 rings (SSSR count). The van der Waals surface area contributed by atoms with Gasteiger partial charge in [-0.2, -0.15) is 5.26 Å². The van der Waals surface area contributed by atoms with Crippen LogP contribution in [0.1, 0.15) is 36.8 Å². The van der Waals surface area contributed by atoms with Gasteiger partial charge in [0.15, 0.2) is 0 Å². The summed E-state index contributed by atoms with van der Waals surface area (Å²) in [6, 6.07) is 7.15. The van der Waals surface area contributed by atoms with Crippen molar-refractivity contribution in [3.63, 3.8) is 0 Å². The summed E-state index contributed by atoms with van der Waals surface area (Å²) in [7, 11) is 0. The maximum Gasteiger partial charge on any atom is 0.123 e. The van der Waals surface area contributed by atoms with Crippen LogP contribution in [-0.2, 0) is 5.41 Å². The second kappa shape index (κ2) is 3.66. The molecule has 1 fully saturated rings. The molecule has 0 N–H and O–H groups in total. The van der Waals surface area contributed by atoms with Crippen LogP contribution in [0.15, 0.2) is 18.2 Å². The Hall–Kier alpha value is -1.36. The standard InChI is InChI=1S/C13H14FN/c1-10-4-5-11(14)8-12(10)13(9-15)6-2-3-7-13/h4-5,8H,2-3,6-7H2,1H3. The lowest BCUT2D eigenvalue weighted by atomic mass is 9.78. The predicted octanol–water partition coefficient (Wildman–Crippen LogP) is 3.47. The second-order valence-electron chi connectivity index (χ2n) is 4.36. The fourth-order valence-electron chi connectivity index (χ4n) is 2.53. The van der Waals surface area contributed by atoms with Crippen molar-refractivity contribution in [3.05, 3.63) is 35.1 Å². The molecule has 0 spiro atoms. The summed E-state index contributed by atoms with van der Waals surface area (Å²) >= 11 is 0. The number of hydrogen-bond acceptors (Lipinski definition) is 1. The van der Waals surface area contributed by atoms with E-state index in [1.54, 1.807) is 6.07 Å². The average molecular weight is 203 g/mol. The second-order valence-corrected chi connectivity index (χ2v) is 4.36. The van der Waals surface area contributed by atoms with Crippen molar-refractivity contribution < 1.29 is 4.39 Å². The van der Waals surface area contributed by atoms with E-state index < -0.39 is 5.41 Å². The SMILES string of the molecule is Cc1ccc(F)cc1C1(C#N)CCCC1. The summed E-state index contributed by atoms with van der Waals surface area (Å²) in [4.78, 5) is 0. The van der Waals surface area contributed by atoms with Crippen LogP contribution in [-0.4, -0.2) is 0 Å². The number of aryl methyl sites for hydroxylation is 1. The molecule has 0 aromatic heterocycles. The van der Waals surface area contributed by atoms with E-state index in [9.17, 15) is 9.65 Å². The minimum Gasteiger partial charge on any atom is -0.207 e. The number of nitriles is 1.